The van der Waals surface area contributed by atoms with E-state index in [0.29, 0.717) is 12.4 Å². The summed E-state index contributed by atoms with van der Waals surface area (Å²) in [6.07, 6.45) is 2.21. The van der Waals surface area contributed by atoms with Gasteiger partial charge in [-0.1, -0.05) is 6.07 Å². The first-order chi connectivity index (χ1) is 10.2. The van der Waals surface area contributed by atoms with E-state index in [2.05, 4.69) is 10.4 Å². The Kier molecular flexibility index (Phi) is 2.53. The Morgan fingerprint density at radius 2 is 2.24 bits per heavy atom. The van der Waals surface area contributed by atoms with Gasteiger partial charge in [0.05, 0.1) is 12.2 Å². The van der Waals surface area contributed by atoms with Gasteiger partial charge < -0.3 is 19.9 Å². The Balaban J connectivity index is 1.76. The van der Waals surface area contributed by atoms with E-state index in [1.807, 2.05) is 18.2 Å². The Morgan fingerprint density at radius 1 is 1.38 bits per heavy atom. The molecule has 2 aliphatic rings. The van der Waals surface area contributed by atoms with Gasteiger partial charge in [-0.15, -0.1) is 0 Å². The monoisotopic (exact) mass is 287 g/mol. The number of hydrogen-bond acceptors (Lipinski definition) is 5. The van der Waals surface area contributed by atoms with Crippen molar-refractivity contribution in [1.82, 2.24) is 9.78 Å². The van der Waals surface area contributed by atoms with Crippen molar-refractivity contribution in [3.05, 3.63) is 35.5 Å². The molecule has 1 atom stereocenters. The van der Waals surface area contributed by atoms with Crippen LogP contribution in [0.2, 0.25) is 0 Å². The minimum atomic E-state index is -0.977. The van der Waals surface area contributed by atoms with Crippen molar-refractivity contribution < 1.29 is 19.4 Å². The number of nitrogens with one attached hydrogen (secondary N) is 1. The molecular weight excluding hydrogens is 274 g/mol. The second-order valence-electron chi connectivity index (χ2n) is 5.00. The zero-order chi connectivity index (χ0) is 14.4. The number of aromatic nitrogens is 2. The molecule has 0 bridgehead atoms. The molecule has 108 valence electrons. The van der Waals surface area contributed by atoms with Crippen molar-refractivity contribution in [2.45, 2.75) is 12.5 Å². The highest BCUT2D eigenvalue weighted by Gasteiger charge is 2.28. The van der Waals surface area contributed by atoms with Gasteiger partial charge in [-0.05, 0) is 24.1 Å². The van der Waals surface area contributed by atoms with Gasteiger partial charge >= 0.3 is 5.97 Å². The Morgan fingerprint density at radius 3 is 3.10 bits per heavy atom. The highest BCUT2D eigenvalue weighted by Crippen LogP contribution is 2.38. The van der Waals surface area contributed by atoms with Gasteiger partial charge in [0.2, 0.25) is 6.79 Å². The molecule has 2 aromatic rings. The quantitative estimate of drug-likeness (QED) is 0.874. The minimum Gasteiger partial charge on any atom is -0.477 e. The topological polar surface area (TPSA) is 85.6 Å². The standard InChI is InChI=1S/C14H13N3O4/c18-14(19)9-6-16-17-10(3-4-15-13(9)17)8-1-2-11-12(5-8)21-7-20-11/h1-2,5-6,10,15H,3-4,7H2,(H,18,19). The van der Waals surface area contributed by atoms with Crippen LogP contribution < -0.4 is 14.8 Å². The highest BCUT2D eigenvalue weighted by molar-refractivity contribution is 5.93. The van der Waals surface area contributed by atoms with Crippen molar-refractivity contribution in [1.29, 1.82) is 0 Å². The van der Waals surface area contributed by atoms with Crippen molar-refractivity contribution in [3.8, 4) is 11.5 Å². The summed E-state index contributed by atoms with van der Waals surface area (Å²) in [7, 11) is 0. The molecule has 3 heterocycles. The number of carbonyl (C=O) groups is 1. The molecule has 0 fully saturated rings. The number of carboxylic acids is 1. The van der Waals surface area contributed by atoms with Gasteiger partial charge in [-0.25, -0.2) is 9.48 Å². The third kappa shape index (κ3) is 1.81. The molecule has 0 aliphatic carbocycles. The normalized spacial score (nSPS) is 19.0. The molecule has 0 spiro atoms. The Bertz CT molecular complexity index is 725. The van der Waals surface area contributed by atoms with Crippen molar-refractivity contribution in [3.63, 3.8) is 0 Å². The lowest BCUT2D eigenvalue weighted by molar-refractivity contribution is 0.0697. The third-order valence-electron chi connectivity index (χ3n) is 3.81. The van der Waals surface area contributed by atoms with Crippen LogP contribution in [0.5, 0.6) is 11.5 Å². The van der Waals surface area contributed by atoms with E-state index in [4.69, 9.17) is 9.47 Å². The molecule has 1 aromatic heterocycles. The van der Waals surface area contributed by atoms with Crippen LogP contribution in [0.15, 0.2) is 24.4 Å². The summed E-state index contributed by atoms with van der Waals surface area (Å²) in [5, 5.41) is 16.5. The summed E-state index contributed by atoms with van der Waals surface area (Å²) in [5.74, 6) is 1.03. The van der Waals surface area contributed by atoms with Crippen molar-refractivity contribution >= 4 is 11.8 Å². The summed E-state index contributed by atoms with van der Waals surface area (Å²) in [4.78, 5) is 11.2. The van der Waals surface area contributed by atoms with Crippen LogP contribution in [0.4, 0.5) is 5.82 Å². The molecule has 2 N–H and O–H groups in total. The second kappa shape index (κ2) is 4.41. The maximum atomic E-state index is 11.2. The lowest BCUT2D eigenvalue weighted by atomic mass is 10.0. The molecule has 0 saturated heterocycles. The number of rotatable bonds is 2. The summed E-state index contributed by atoms with van der Waals surface area (Å²) in [6, 6.07) is 5.77. The lowest BCUT2D eigenvalue weighted by Gasteiger charge is -2.26. The number of ether oxygens (including phenoxy) is 2. The second-order valence-corrected chi connectivity index (χ2v) is 5.00. The molecule has 4 rings (SSSR count). The third-order valence-corrected chi connectivity index (χ3v) is 3.81. The average molecular weight is 287 g/mol. The maximum absolute atomic E-state index is 11.2. The fourth-order valence-corrected chi connectivity index (χ4v) is 2.81. The van der Waals surface area contributed by atoms with Gasteiger partial charge in [-0.3, -0.25) is 0 Å². The molecular formula is C14H13N3O4. The molecule has 7 heteroatoms. The number of aromatic carboxylic acids is 1. The van der Waals surface area contributed by atoms with Crippen LogP contribution in [-0.4, -0.2) is 34.2 Å². The van der Waals surface area contributed by atoms with E-state index < -0.39 is 5.97 Å². The fraction of sp³-hybridized carbons (Fsp3) is 0.286. The molecule has 0 radical (unpaired) electrons. The predicted molar refractivity (Wildman–Crippen MR) is 73.0 cm³/mol. The van der Waals surface area contributed by atoms with E-state index in [1.54, 1.807) is 4.68 Å². The average Bonchev–Trinajstić information content (AvgIpc) is 3.12. The van der Waals surface area contributed by atoms with Crippen LogP contribution in [0.3, 0.4) is 0 Å². The van der Waals surface area contributed by atoms with Gasteiger partial charge in [-0.2, -0.15) is 5.10 Å². The van der Waals surface area contributed by atoms with Crippen LogP contribution in [0.25, 0.3) is 0 Å². The number of anilines is 1. The zero-order valence-electron chi connectivity index (χ0n) is 11.1. The van der Waals surface area contributed by atoms with Gasteiger partial charge in [0.25, 0.3) is 0 Å². The van der Waals surface area contributed by atoms with Gasteiger partial charge in [0, 0.05) is 6.54 Å². The molecule has 1 aromatic carbocycles. The van der Waals surface area contributed by atoms with E-state index in [0.717, 1.165) is 23.5 Å². The van der Waals surface area contributed by atoms with E-state index in [1.165, 1.54) is 6.20 Å². The number of carboxylic acid groups (broad SMARTS) is 1. The number of benzene rings is 1. The largest absolute Gasteiger partial charge is 0.477 e. The highest BCUT2D eigenvalue weighted by atomic mass is 16.7. The molecule has 1 unspecified atom stereocenters. The lowest BCUT2D eigenvalue weighted by Crippen LogP contribution is -2.25. The van der Waals surface area contributed by atoms with E-state index >= 15 is 0 Å². The first-order valence-corrected chi connectivity index (χ1v) is 6.68. The van der Waals surface area contributed by atoms with Crippen LogP contribution >= 0.6 is 0 Å². The summed E-state index contributed by atoms with van der Waals surface area (Å²) < 4.78 is 12.4. The van der Waals surface area contributed by atoms with Crippen LogP contribution in [0, 0.1) is 0 Å². The maximum Gasteiger partial charge on any atom is 0.341 e. The Labute approximate surface area is 120 Å². The molecule has 0 saturated carbocycles. The number of fused-ring (bicyclic) bond motifs is 2. The van der Waals surface area contributed by atoms with E-state index in [9.17, 15) is 9.90 Å². The zero-order valence-corrected chi connectivity index (χ0v) is 11.1. The fourth-order valence-electron chi connectivity index (χ4n) is 2.81. The smallest absolute Gasteiger partial charge is 0.341 e. The summed E-state index contributed by atoms with van der Waals surface area (Å²) in [5.41, 5.74) is 1.22. The minimum absolute atomic E-state index is 0.0103. The summed E-state index contributed by atoms with van der Waals surface area (Å²) in [6.45, 7) is 0.937. The summed E-state index contributed by atoms with van der Waals surface area (Å²) >= 11 is 0. The SMILES string of the molecule is O=C(O)c1cnn2c1NCCC2c1ccc2c(c1)OCO2. The molecule has 0 amide bonds. The number of nitrogens with zero attached hydrogens (tertiary/aromatic N) is 2. The van der Waals surface area contributed by atoms with Crippen molar-refractivity contribution in [2.24, 2.45) is 0 Å². The van der Waals surface area contributed by atoms with Crippen LogP contribution in [0.1, 0.15) is 28.4 Å². The first kappa shape index (κ1) is 12.1. The van der Waals surface area contributed by atoms with E-state index in [-0.39, 0.29) is 18.4 Å². The van der Waals surface area contributed by atoms with Crippen LogP contribution in [-0.2, 0) is 0 Å². The molecule has 7 nitrogen and oxygen atoms in total. The Hall–Kier alpha value is -2.70. The van der Waals surface area contributed by atoms with Crippen molar-refractivity contribution in [2.75, 3.05) is 18.7 Å². The predicted octanol–water partition coefficient (Wildman–Crippen LogP) is 1.72. The number of hydrogen-bond donors (Lipinski definition) is 2. The van der Waals surface area contributed by atoms with Gasteiger partial charge in [0.1, 0.15) is 11.4 Å². The first-order valence-electron chi connectivity index (χ1n) is 6.68. The molecule has 21 heavy (non-hydrogen) atoms. The van der Waals surface area contributed by atoms with Gasteiger partial charge in [0.15, 0.2) is 11.5 Å². The molecule has 2 aliphatic heterocycles.